The van der Waals surface area contributed by atoms with Crippen LogP contribution >= 0.6 is 0 Å². The Morgan fingerprint density at radius 3 is 2.12 bits per heavy atom. The van der Waals surface area contributed by atoms with E-state index in [-0.39, 0.29) is 23.2 Å². The second kappa shape index (κ2) is 18.0. The van der Waals surface area contributed by atoms with E-state index in [0.717, 1.165) is 40.4 Å². The Balaban J connectivity index is 0.000000998. The fraction of sp³-hybridized carbons (Fsp3) is 0.472. The second-order valence-electron chi connectivity index (χ2n) is 9.76. The van der Waals surface area contributed by atoms with Crippen LogP contribution in [0.25, 0.3) is 0 Å². The molecule has 6 heteroatoms. The van der Waals surface area contributed by atoms with Crippen molar-refractivity contribution in [2.24, 2.45) is 10.9 Å². The molecule has 0 bridgehead atoms. The van der Waals surface area contributed by atoms with E-state index in [0.29, 0.717) is 23.4 Å². The zero-order valence-corrected chi connectivity index (χ0v) is 27.6. The quantitative estimate of drug-likeness (QED) is 0.320. The van der Waals surface area contributed by atoms with Crippen LogP contribution in [0, 0.1) is 12.8 Å². The topological polar surface area (TPSA) is 88.0 Å². The number of carbonyl (C=O) groups is 2. The van der Waals surface area contributed by atoms with Crippen molar-refractivity contribution in [3.63, 3.8) is 0 Å². The molecule has 42 heavy (non-hydrogen) atoms. The van der Waals surface area contributed by atoms with E-state index in [4.69, 9.17) is 4.74 Å². The lowest BCUT2D eigenvalue weighted by Gasteiger charge is -2.37. The first-order valence-electron chi connectivity index (χ1n) is 15.6. The molecule has 2 N–H and O–H groups in total. The van der Waals surface area contributed by atoms with Crippen molar-refractivity contribution in [1.29, 1.82) is 0 Å². The predicted molar refractivity (Wildman–Crippen MR) is 178 cm³/mol. The van der Waals surface area contributed by atoms with Crippen LogP contribution in [0.2, 0.25) is 0 Å². The summed E-state index contributed by atoms with van der Waals surface area (Å²) in [7, 11) is 0. The molecule has 0 fully saturated rings. The number of carboxylic acids is 1. The molecule has 0 aromatic heterocycles. The summed E-state index contributed by atoms with van der Waals surface area (Å²) >= 11 is 0. The number of Topliss-reactive ketones (excluding diaryl/α,β-unsaturated/α-hetero) is 1. The van der Waals surface area contributed by atoms with E-state index >= 15 is 0 Å². The molecular formula is C36H52N2O4. The molecule has 0 spiro atoms. The molecule has 2 unspecified atom stereocenters. The van der Waals surface area contributed by atoms with E-state index < -0.39 is 5.97 Å². The molecule has 2 aliphatic rings. The molecule has 0 saturated carbocycles. The molecule has 0 radical (unpaired) electrons. The number of hydrogen-bond acceptors (Lipinski definition) is 5. The predicted octanol–water partition coefficient (Wildman–Crippen LogP) is 9.63. The summed E-state index contributed by atoms with van der Waals surface area (Å²) in [5, 5.41) is 13.4. The Hall–Kier alpha value is -3.67. The number of nitrogens with zero attached hydrogens (tertiary/aromatic N) is 1. The van der Waals surface area contributed by atoms with Crippen LogP contribution in [-0.2, 0) is 0 Å². The summed E-state index contributed by atoms with van der Waals surface area (Å²) in [4.78, 5) is 28.9. The number of nitrogens with one attached hydrogen (secondary N) is 1. The van der Waals surface area contributed by atoms with Gasteiger partial charge in [-0.2, -0.15) is 0 Å². The van der Waals surface area contributed by atoms with E-state index in [2.05, 4.69) is 36.3 Å². The third-order valence-corrected chi connectivity index (χ3v) is 6.94. The highest BCUT2D eigenvalue weighted by molar-refractivity contribution is 6.09. The van der Waals surface area contributed by atoms with Gasteiger partial charge >= 0.3 is 5.97 Å². The number of allylic oxidation sites excluding steroid dienone is 3. The Morgan fingerprint density at radius 2 is 1.60 bits per heavy atom. The minimum absolute atomic E-state index is 0.136. The van der Waals surface area contributed by atoms with Gasteiger partial charge in [0.1, 0.15) is 11.5 Å². The summed E-state index contributed by atoms with van der Waals surface area (Å²) in [6, 6.07) is 9.06. The van der Waals surface area contributed by atoms with Gasteiger partial charge in [-0.3, -0.25) is 9.79 Å². The highest BCUT2D eigenvalue weighted by Gasteiger charge is 2.39. The molecule has 1 aliphatic carbocycles. The molecule has 2 aromatic carbocycles. The fourth-order valence-corrected chi connectivity index (χ4v) is 4.82. The first-order chi connectivity index (χ1) is 20.2. The minimum atomic E-state index is -1.05. The van der Waals surface area contributed by atoms with Crippen LogP contribution in [-0.4, -0.2) is 35.7 Å². The Bertz CT molecular complexity index is 1300. The summed E-state index contributed by atoms with van der Waals surface area (Å²) in [5.74, 6) is -0.244. The standard InChI is InChI=1S/C28H30N2O4.C4H10.2C2H6/c1-6-29-23-13-25-21(10-15(23)3)27(19-9-8-18(17(5)31)12-20(19)28(32)33)22-11-16(4)24(30-7-2)14-26(22)34-25;1-3-4-2;2*1-2/h8-14,21,27,30H,6-7H2,1-5H3,(H,32,33);3-4H2,1-2H3;2*1-2H3. The van der Waals surface area contributed by atoms with E-state index in [9.17, 15) is 14.7 Å². The van der Waals surface area contributed by atoms with E-state index in [1.807, 2.05) is 67.5 Å². The lowest BCUT2D eigenvalue weighted by Crippen LogP contribution is -2.29. The molecule has 0 amide bonds. The van der Waals surface area contributed by atoms with Crippen molar-refractivity contribution >= 4 is 23.2 Å². The zero-order valence-electron chi connectivity index (χ0n) is 27.6. The van der Waals surface area contributed by atoms with Crippen molar-refractivity contribution in [2.45, 2.75) is 94.9 Å². The number of fused-ring (bicyclic) bond motifs is 2. The van der Waals surface area contributed by atoms with Gasteiger partial charge in [0.2, 0.25) is 0 Å². The van der Waals surface area contributed by atoms with Gasteiger partial charge < -0.3 is 15.2 Å². The number of unbranched alkanes of at least 4 members (excludes halogenated alkanes) is 1. The van der Waals surface area contributed by atoms with Crippen LogP contribution in [0.4, 0.5) is 5.69 Å². The maximum absolute atomic E-state index is 12.3. The third-order valence-electron chi connectivity index (χ3n) is 6.94. The molecule has 1 heterocycles. The number of carbonyl (C=O) groups excluding carboxylic acids is 1. The monoisotopic (exact) mass is 576 g/mol. The smallest absolute Gasteiger partial charge is 0.336 e. The maximum Gasteiger partial charge on any atom is 0.336 e. The van der Waals surface area contributed by atoms with Gasteiger partial charge in [0.15, 0.2) is 5.78 Å². The summed E-state index contributed by atoms with van der Waals surface area (Å²) < 4.78 is 6.41. The molecular weight excluding hydrogens is 524 g/mol. The normalized spacial score (nSPS) is 17.2. The average Bonchev–Trinajstić information content (AvgIpc) is 2.99. The number of hydrogen-bond donors (Lipinski definition) is 2. The van der Waals surface area contributed by atoms with Gasteiger partial charge in [-0.25, -0.2) is 4.79 Å². The third kappa shape index (κ3) is 8.67. The van der Waals surface area contributed by atoms with Crippen LogP contribution in [0.5, 0.6) is 5.75 Å². The number of anilines is 1. The number of benzene rings is 2. The van der Waals surface area contributed by atoms with Gasteiger partial charge in [-0.1, -0.05) is 72.6 Å². The Morgan fingerprint density at radius 1 is 0.952 bits per heavy atom. The molecule has 2 aromatic rings. The Labute approximate surface area is 254 Å². The number of aliphatic imine (C=N–C) groups is 1. The van der Waals surface area contributed by atoms with E-state index in [1.165, 1.54) is 25.8 Å². The fourth-order valence-electron chi connectivity index (χ4n) is 4.82. The highest BCUT2D eigenvalue weighted by Crippen LogP contribution is 2.50. The van der Waals surface area contributed by atoms with E-state index in [1.54, 1.807) is 12.1 Å². The summed E-state index contributed by atoms with van der Waals surface area (Å²) in [5.41, 5.74) is 6.06. The van der Waals surface area contributed by atoms with Crippen molar-refractivity contribution in [3.8, 4) is 5.75 Å². The van der Waals surface area contributed by atoms with Crippen molar-refractivity contribution in [2.75, 3.05) is 18.4 Å². The van der Waals surface area contributed by atoms with Gasteiger partial charge in [0.25, 0.3) is 0 Å². The van der Waals surface area contributed by atoms with Crippen LogP contribution < -0.4 is 10.1 Å². The molecule has 4 rings (SSSR count). The minimum Gasteiger partial charge on any atom is -0.478 e. The summed E-state index contributed by atoms with van der Waals surface area (Å²) in [6.45, 7) is 23.3. The second-order valence-corrected chi connectivity index (χ2v) is 9.76. The molecule has 2 atom stereocenters. The van der Waals surface area contributed by atoms with Crippen molar-refractivity contribution < 1.29 is 19.4 Å². The lowest BCUT2D eigenvalue weighted by molar-refractivity contribution is 0.0695. The van der Waals surface area contributed by atoms with Crippen molar-refractivity contribution in [1.82, 2.24) is 0 Å². The van der Waals surface area contributed by atoms with Gasteiger partial charge in [0.05, 0.1) is 11.3 Å². The first-order valence-corrected chi connectivity index (χ1v) is 15.6. The number of aromatic carboxylic acids is 1. The van der Waals surface area contributed by atoms with Crippen LogP contribution in [0.1, 0.15) is 125 Å². The SMILES string of the molecule is CC.CC.CCCC.CCN=C1C=C2Oc3cc(NCC)c(C)cc3C(c3ccc(C(C)=O)cc3C(=O)O)C2C=C1C. The molecule has 0 saturated heterocycles. The first kappa shape index (κ1) is 36.4. The lowest BCUT2D eigenvalue weighted by atomic mass is 9.73. The Kier molecular flexibility index (Phi) is 15.6. The van der Waals surface area contributed by atoms with Gasteiger partial charge in [0, 0.05) is 53.9 Å². The van der Waals surface area contributed by atoms with Gasteiger partial charge in [-0.15, -0.1) is 0 Å². The average molecular weight is 577 g/mol. The molecule has 230 valence electrons. The number of ketones is 1. The number of rotatable bonds is 7. The largest absolute Gasteiger partial charge is 0.478 e. The number of ether oxygens (including phenoxy) is 1. The van der Waals surface area contributed by atoms with Crippen LogP contribution in [0.15, 0.2) is 58.8 Å². The van der Waals surface area contributed by atoms with Crippen LogP contribution in [0.3, 0.4) is 0 Å². The van der Waals surface area contributed by atoms with Gasteiger partial charge in [-0.05, 0) is 63.5 Å². The number of carboxylic acid groups (broad SMARTS) is 1. The molecule has 1 aliphatic heterocycles. The van der Waals surface area contributed by atoms with Crippen molar-refractivity contribution in [3.05, 3.63) is 81.6 Å². The number of aryl methyl sites for hydroxylation is 1. The maximum atomic E-state index is 12.3. The zero-order chi connectivity index (χ0) is 32.0. The molecule has 6 nitrogen and oxygen atoms in total. The summed E-state index contributed by atoms with van der Waals surface area (Å²) in [6.07, 6.45) is 6.73. The highest BCUT2D eigenvalue weighted by atomic mass is 16.5.